The van der Waals surface area contributed by atoms with Gasteiger partial charge in [0.15, 0.2) is 11.6 Å². The van der Waals surface area contributed by atoms with Crippen LogP contribution in [0.5, 0.6) is 11.5 Å². The zero-order valence-corrected chi connectivity index (χ0v) is 11.5. The van der Waals surface area contributed by atoms with E-state index in [1.54, 1.807) is 6.07 Å². The monoisotopic (exact) mass is 276 g/mol. The Morgan fingerprint density at radius 2 is 1.95 bits per heavy atom. The van der Waals surface area contributed by atoms with Gasteiger partial charge in [0.2, 0.25) is 0 Å². The summed E-state index contributed by atoms with van der Waals surface area (Å²) in [6.45, 7) is 2.57. The molecule has 3 rings (SSSR count). The Labute approximate surface area is 114 Å². The Bertz CT molecular complexity index is 749. The Hall–Kier alpha value is -1.81. The Kier molecular flexibility index (Phi) is 3.03. The van der Waals surface area contributed by atoms with Gasteiger partial charge in [-0.05, 0) is 37.3 Å². The number of thiophene rings is 1. The van der Waals surface area contributed by atoms with E-state index in [9.17, 15) is 4.39 Å². The van der Waals surface area contributed by atoms with E-state index < -0.39 is 0 Å². The number of methoxy groups -OCH3 is 1. The van der Waals surface area contributed by atoms with Crippen molar-refractivity contribution < 1.29 is 13.9 Å². The van der Waals surface area contributed by atoms with Gasteiger partial charge in [0.05, 0.1) is 18.4 Å². The van der Waals surface area contributed by atoms with Gasteiger partial charge < -0.3 is 9.47 Å². The van der Waals surface area contributed by atoms with Gasteiger partial charge in [0, 0.05) is 15.5 Å². The van der Waals surface area contributed by atoms with Gasteiger partial charge in [0.1, 0.15) is 5.75 Å². The largest absolute Gasteiger partial charge is 0.494 e. The van der Waals surface area contributed by atoms with Gasteiger partial charge in [-0.2, -0.15) is 0 Å². The van der Waals surface area contributed by atoms with Gasteiger partial charge in [-0.3, -0.25) is 0 Å². The summed E-state index contributed by atoms with van der Waals surface area (Å²) in [5.74, 6) is 0.803. The minimum atomic E-state index is -0.292. The van der Waals surface area contributed by atoms with Crippen LogP contribution >= 0.6 is 11.3 Å². The molecular formula is C15H13FO2S. The van der Waals surface area contributed by atoms with Crippen LogP contribution < -0.4 is 9.47 Å². The molecule has 0 amide bonds. The van der Waals surface area contributed by atoms with Crippen molar-refractivity contribution in [1.29, 1.82) is 0 Å². The minimum Gasteiger partial charge on any atom is -0.494 e. The molecule has 4 heteroatoms. The van der Waals surface area contributed by atoms with E-state index in [1.807, 2.05) is 31.2 Å². The summed E-state index contributed by atoms with van der Waals surface area (Å²) in [6.07, 6.45) is 0. The lowest BCUT2D eigenvalue weighted by molar-refractivity contribution is 0.341. The van der Waals surface area contributed by atoms with Crippen LogP contribution in [0.15, 0.2) is 30.3 Å². The van der Waals surface area contributed by atoms with E-state index in [0.717, 1.165) is 21.2 Å². The number of fused-ring (bicyclic) bond motifs is 3. The predicted molar refractivity (Wildman–Crippen MR) is 77.0 cm³/mol. The number of benzene rings is 2. The van der Waals surface area contributed by atoms with Crippen molar-refractivity contribution in [3.05, 3.63) is 36.1 Å². The van der Waals surface area contributed by atoms with Crippen LogP contribution in [0.3, 0.4) is 0 Å². The van der Waals surface area contributed by atoms with Crippen molar-refractivity contribution in [1.82, 2.24) is 0 Å². The minimum absolute atomic E-state index is 0.282. The highest BCUT2D eigenvalue weighted by molar-refractivity contribution is 7.25. The zero-order chi connectivity index (χ0) is 13.4. The fourth-order valence-electron chi connectivity index (χ4n) is 2.18. The molecule has 0 radical (unpaired) electrons. The average Bonchev–Trinajstić information content (AvgIpc) is 2.78. The molecule has 19 heavy (non-hydrogen) atoms. The second-order valence-electron chi connectivity index (χ2n) is 4.15. The fraction of sp³-hybridized carbons (Fsp3) is 0.200. The van der Waals surface area contributed by atoms with Gasteiger partial charge >= 0.3 is 0 Å². The number of hydrogen-bond donors (Lipinski definition) is 0. The third-order valence-electron chi connectivity index (χ3n) is 3.05. The zero-order valence-electron chi connectivity index (χ0n) is 10.7. The van der Waals surface area contributed by atoms with Crippen molar-refractivity contribution in [3.63, 3.8) is 0 Å². The van der Waals surface area contributed by atoms with Crippen LogP contribution in [0.2, 0.25) is 0 Å². The second-order valence-corrected chi connectivity index (χ2v) is 5.20. The highest BCUT2D eigenvalue weighted by Gasteiger charge is 2.13. The fourth-order valence-corrected chi connectivity index (χ4v) is 3.34. The van der Waals surface area contributed by atoms with E-state index in [2.05, 4.69) is 0 Å². The first-order chi connectivity index (χ1) is 9.24. The molecule has 0 atom stereocenters. The smallest absolute Gasteiger partial charge is 0.182 e. The molecule has 98 valence electrons. The van der Waals surface area contributed by atoms with Gasteiger partial charge in [-0.1, -0.05) is 0 Å². The summed E-state index contributed by atoms with van der Waals surface area (Å²) >= 11 is 1.42. The first-order valence-electron chi connectivity index (χ1n) is 6.06. The average molecular weight is 276 g/mol. The number of hydrogen-bond acceptors (Lipinski definition) is 3. The summed E-state index contributed by atoms with van der Waals surface area (Å²) in [6, 6.07) is 9.41. The molecule has 1 heterocycles. The Morgan fingerprint density at radius 1 is 1.16 bits per heavy atom. The molecule has 0 saturated heterocycles. The summed E-state index contributed by atoms with van der Waals surface area (Å²) in [5.41, 5.74) is 0. The Balaban J connectivity index is 2.28. The summed E-state index contributed by atoms with van der Waals surface area (Å²) in [7, 11) is 1.48. The van der Waals surface area contributed by atoms with Crippen molar-refractivity contribution >= 4 is 31.5 Å². The number of halogens is 1. The highest BCUT2D eigenvalue weighted by atomic mass is 32.1. The first kappa shape index (κ1) is 12.2. The molecule has 2 aromatic carbocycles. The lowest BCUT2D eigenvalue weighted by atomic mass is 10.1. The third-order valence-corrected chi connectivity index (χ3v) is 4.21. The SMILES string of the molecule is CCOc1ccc2c(c1)sc1c(F)c(OC)ccc12. The van der Waals surface area contributed by atoms with Gasteiger partial charge in [-0.25, -0.2) is 4.39 Å². The van der Waals surface area contributed by atoms with Crippen LogP contribution in [0.1, 0.15) is 6.92 Å². The highest BCUT2D eigenvalue weighted by Crippen LogP contribution is 2.39. The lowest BCUT2D eigenvalue weighted by Gasteiger charge is -2.02. The Morgan fingerprint density at radius 3 is 2.68 bits per heavy atom. The van der Waals surface area contributed by atoms with Crippen molar-refractivity contribution in [2.75, 3.05) is 13.7 Å². The topological polar surface area (TPSA) is 18.5 Å². The van der Waals surface area contributed by atoms with E-state index in [-0.39, 0.29) is 11.6 Å². The van der Waals surface area contributed by atoms with E-state index in [4.69, 9.17) is 9.47 Å². The lowest BCUT2D eigenvalue weighted by Crippen LogP contribution is -1.89. The normalized spacial score (nSPS) is 11.1. The first-order valence-corrected chi connectivity index (χ1v) is 6.87. The maximum absolute atomic E-state index is 14.2. The molecule has 0 unspecified atom stereocenters. The predicted octanol–water partition coefficient (Wildman–Crippen LogP) is 4.60. The van der Waals surface area contributed by atoms with Crippen LogP contribution in [-0.4, -0.2) is 13.7 Å². The van der Waals surface area contributed by atoms with Crippen LogP contribution in [-0.2, 0) is 0 Å². The molecule has 0 aliphatic rings. The van der Waals surface area contributed by atoms with Crippen LogP contribution in [0.25, 0.3) is 20.2 Å². The third kappa shape index (κ3) is 1.92. The molecule has 2 nitrogen and oxygen atoms in total. The molecule has 0 saturated carbocycles. The maximum atomic E-state index is 14.2. The molecule has 0 aliphatic heterocycles. The van der Waals surface area contributed by atoms with Gasteiger partial charge in [0.25, 0.3) is 0 Å². The van der Waals surface area contributed by atoms with Crippen molar-refractivity contribution in [2.24, 2.45) is 0 Å². The molecule has 0 aliphatic carbocycles. The summed E-state index contributed by atoms with van der Waals surface area (Å²) < 4.78 is 26.4. The number of ether oxygens (including phenoxy) is 2. The van der Waals surface area contributed by atoms with Crippen molar-refractivity contribution in [2.45, 2.75) is 6.92 Å². The second kappa shape index (κ2) is 4.70. The summed E-state index contributed by atoms with van der Waals surface area (Å²) in [4.78, 5) is 0. The molecule has 1 aromatic heterocycles. The standard InChI is InChI=1S/C15H13FO2S/c1-3-18-9-4-5-10-11-6-7-12(17-2)14(16)15(11)19-13(10)8-9/h4-8H,3H2,1-2H3. The maximum Gasteiger partial charge on any atom is 0.182 e. The summed E-state index contributed by atoms with van der Waals surface area (Å²) in [5, 5.41) is 1.96. The molecule has 3 aromatic rings. The van der Waals surface area contributed by atoms with Crippen LogP contribution in [0, 0.1) is 5.82 Å². The van der Waals surface area contributed by atoms with E-state index in [0.29, 0.717) is 11.3 Å². The van der Waals surface area contributed by atoms with E-state index in [1.165, 1.54) is 18.4 Å². The molecule has 0 N–H and O–H groups in total. The molecule has 0 fully saturated rings. The van der Waals surface area contributed by atoms with Crippen LogP contribution in [0.4, 0.5) is 4.39 Å². The van der Waals surface area contributed by atoms with Crippen molar-refractivity contribution in [3.8, 4) is 11.5 Å². The quantitative estimate of drug-likeness (QED) is 0.696. The van der Waals surface area contributed by atoms with Gasteiger partial charge in [-0.15, -0.1) is 11.3 Å². The number of rotatable bonds is 3. The molecule has 0 bridgehead atoms. The molecule has 0 spiro atoms. The van der Waals surface area contributed by atoms with E-state index >= 15 is 0 Å². The molecular weight excluding hydrogens is 263 g/mol.